The first-order chi connectivity index (χ1) is 12.6. The standard InChI is InChI=1S/C20H17N3O3/c1-2-11-23-15-10-6-4-8-13(15)17(24)16(20(23)26)18-21-14-9-5-3-7-12(14)19(25)22-18/h3-10,24H,2,11H2,1H3,(H,21,22,25). The molecule has 2 N–H and O–H groups in total. The number of nitrogens with zero attached hydrogens (tertiary/aromatic N) is 2. The van der Waals surface area contributed by atoms with Crippen molar-refractivity contribution in [1.82, 2.24) is 14.5 Å². The summed E-state index contributed by atoms with van der Waals surface area (Å²) in [6.07, 6.45) is 0.760. The Labute approximate surface area is 148 Å². The highest BCUT2D eigenvalue weighted by molar-refractivity contribution is 5.91. The molecule has 4 aromatic rings. The molecule has 0 saturated heterocycles. The van der Waals surface area contributed by atoms with Gasteiger partial charge in [-0.15, -0.1) is 0 Å². The largest absolute Gasteiger partial charge is 0.506 e. The minimum atomic E-state index is -0.374. The van der Waals surface area contributed by atoms with Crippen molar-refractivity contribution in [3.63, 3.8) is 0 Å². The van der Waals surface area contributed by atoms with Crippen LogP contribution in [0.1, 0.15) is 13.3 Å². The van der Waals surface area contributed by atoms with Crippen LogP contribution in [0.4, 0.5) is 0 Å². The summed E-state index contributed by atoms with van der Waals surface area (Å²) in [5.74, 6) is -0.0943. The van der Waals surface area contributed by atoms with Crippen LogP contribution in [-0.2, 0) is 6.54 Å². The second-order valence-electron chi connectivity index (χ2n) is 6.13. The maximum Gasteiger partial charge on any atom is 0.265 e. The van der Waals surface area contributed by atoms with Gasteiger partial charge in [-0.3, -0.25) is 9.59 Å². The fourth-order valence-electron chi connectivity index (χ4n) is 3.25. The van der Waals surface area contributed by atoms with E-state index in [1.807, 2.05) is 13.0 Å². The number of aromatic hydroxyl groups is 1. The van der Waals surface area contributed by atoms with Crippen LogP contribution in [-0.4, -0.2) is 19.6 Å². The molecule has 0 radical (unpaired) electrons. The van der Waals surface area contributed by atoms with Gasteiger partial charge >= 0.3 is 0 Å². The number of pyridine rings is 1. The normalized spacial score (nSPS) is 11.3. The minimum Gasteiger partial charge on any atom is -0.506 e. The summed E-state index contributed by atoms with van der Waals surface area (Å²) in [6, 6.07) is 14.1. The molecule has 6 nitrogen and oxygen atoms in total. The summed E-state index contributed by atoms with van der Waals surface area (Å²) in [6.45, 7) is 2.48. The zero-order chi connectivity index (χ0) is 18.3. The van der Waals surface area contributed by atoms with Gasteiger partial charge in [0.2, 0.25) is 0 Å². The highest BCUT2D eigenvalue weighted by Gasteiger charge is 2.20. The second kappa shape index (κ2) is 6.15. The smallest absolute Gasteiger partial charge is 0.265 e. The molecule has 0 unspecified atom stereocenters. The number of aromatic amines is 1. The highest BCUT2D eigenvalue weighted by atomic mass is 16.3. The molecule has 26 heavy (non-hydrogen) atoms. The van der Waals surface area contributed by atoms with Gasteiger partial charge in [0.05, 0.1) is 16.4 Å². The van der Waals surface area contributed by atoms with E-state index in [-0.39, 0.29) is 28.3 Å². The molecule has 0 aliphatic carbocycles. The van der Waals surface area contributed by atoms with Crippen LogP contribution in [0.5, 0.6) is 5.75 Å². The van der Waals surface area contributed by atoms with Crippen molar-refractivity contribution in [3.05, 3.63) is 69.2 Å². The van der Waals surface area contributed by atoms with Crippen molar-refractivity contribution >= 4 is 21.8 Å². The zero-order valence-corrected chi connectivity index (χ0v) is 14.2. The topological polar surface area (TPSA) is 88.0 Å². The molecule has 6 heteroatoms. The number of para-hydroxylation sites is 2. The van der Waals surface area contributed by atoms with Gasteiger partial charge in [0.1, 0.15) is 17.1 Å². The van der Waals surface area contributed by atoms with Crippen LogP contribution in [0.15, 0.2) is 58.1 Å². The average Bonchev–Trinajstić information content (AvgIpc) is 2.65. The molecule has 0 aliphatic heterocycles. The molecular formula is C20H17N3O3. The third-order valence-corrected chi connectivity index (χ3v) is 4.44. The number of nitrogens with one attached hydrogen (secondary N) is 1. The monoisotopic (exact) mass is 347 g/mol. The number of hydrogen-bond donors (Lipinski definition) is 2. The fraction of sp³-hybridized carbons (Fsp3) is 0.150. The van der Waals surface area contributed by atoms with Crippen LogP contribution in [0, 0.1) is 0 Å². The van der Waals surface area contributed by atoms with Crippen LogP contribution in [0.3, 0.4) is 0 Å². The number of H-pyrrole nitrogens is 1. The van der Waals surface area contributed by atoms with Gasteiger partial charge in [-0.1, -0.05) is 31.2 Å². The summed E-state index contributed by atoms with van der Waals surface area (Å²) in [7, 11) is 0. The molecule has 0 atom stereocenters. The van der Waals surface area contributed by atoms with Crippen LogP contribution >= 0.6 is 0 Å². The molecule has 0 amide bonds. The maximum absolute atomic E-state index is 13.1. The number of aromatic nitrogens is 3. The lowest BCUT2D eigenvalue weighted by Crippen LogP contribution is -2.24. The van der Waals surface area contributed by atoms with E-state index >= 15 is 0 Å². The first-order valence-corrected chi connectivity index (χ1v) is 8.45. The Bertz CT molecular complexity index is 1250. The van der Waals surface area contributed by atoms with Crippen molar-refractivity contribution < 1.29 is 5.11 Å². The molecule has 0 saturated carbocycles. The number of benzene rings is 2. The Morgan fingerprint density at radius 3 is 2.50 bits per heavy atom. The molecular weight excluding hydrogens is 330 g/mol. The summed E-state index contributed by atoms with van der Waals surface area (Å²) in [5, 5.41) is 11.7. The van der Waals surface area contributed by atoms with Gasteiger partial charge in [-0.25, -0.2) is 4.98 Å². The Balaban J connectivity index is 2.12. The number of rotatable bonds is 3. The molecule has 0 bridgehead atoms. The quantitative estimate of drug-likeness (QED) is 0.596. The summed E-state index contributed by atoms with van der Waals surface area (Å²) < 4.78 is 1.61. The second-order valence-corrected chi connectivity index (χ2v) is 6.13. The molecule has 0 aliphatic rings. The van der Waals surface area contributed by atoms with Crippen LogP contribution in [0.25, 0.3) is 33.2 Å². The predicted molar refractivity (Wildman–Crippen MR) is 102 cm³/mol. The van der Waals surface area contributed by atoms with Gasteiger partial charge < -0.3 is 14.7 Å². The Morgan fingerprint density at radius 2 is 1.73 bits per heavy atom. The Hall–Kier alpha value is -3.41. The molecule has 2 aromatic heterocycles. The lowest BCUT2D eigenvalue weighted by atomic mass is 10.1. The van der Waals surface area contributed by atoms with E-state index in [2.05, 4.69) is 9.97 Å². The van der Waals surface area contributed by atoms with Crippen molar-refractivity contribution in [2.24, 2.45) is 0 Å². The Kier molecular flexibility index (Phi) is 3.80. The molecule has 0 fully saturated rings. The third kappa shape index (κ3) is 2.38. The first-order valence-electron chi connectivity index (χ1n) is 8.45. The zero-order valence-electron chi connectivity index (χ0n) is 14.2. The number of aryl methyl sites for hydroxylation is 1. The van der Waals surface area contributed by atoms with Gasteiger partial charge in [-0.2, -0.15) is 0 Å². The van der Waals surface area contributed by atoms with Gasteiger partial charge in [-0.05, 0) is 30.7 Å². The molecule has 130 valence electrons. The van der Waals surface area contributed by atoms with E-state index in [4.69, 9.17) is 0 Å². The van der Waals surface area contributed by atoms with Crippen molar-refractivity contribution in [1.29, 1.82) is 0 Å². The SMILES string of the molecule is CCCn1c(=O)c(-c2nc3ccccc3c(=O)[nH]2)c(O)c2ccccc21. The van der Waals surface area contributed by atoms with E-state index in [9.17, 15) is 14.7 Å². The van der Waals surface area contributed by atoms with E-state index in [0.29, 0.717) is 28.4 Å². The lowest BCUT2D eigenvalue weighted by molar-refractivity contribution is 0.480. The van der Waals surface area contributed by atoms with Gasteiger partial charge in [0.15, 0.2) is 0 Å². The molecule has 4 rings (SSSR count). The van der Waals surface area contributed by atoms with Crippen LogP contribution < -0.4 is 11.1 Å². The summed E-state index contributed by atoms with van der Waals surface area (Å²) >= 11 is 0. The van der Waals surface area contributed by atoms with Gasteiger partial charge in [0.25, 0.3) is 11.1 Å². The Morgan fingerprint density at radius 1 is 1.04 bits per heavy atom. The van der Waals surface area contributed by atoms with Crippen molar-refractivity contribution in [3.8, 4) is 17.1 Å². The van der Waals surface area contributed by atoms with Crippen molar-refractivity contribution in [2.45, 2.75) is 19.9 Å². The van der Waals surface area contributed by atoms with E-state index in [1.54, 1.807) is 47.0 Å². The van der Waals surface area contributed by atoms with Crippen LogP contribution in [0.2, 0.25) is 0 Å². The molecule has 2 aromatic carbocycles. The van der Waals surface area contributed by atoms with E-state index in [1.165, 1.54) is 0 Å². The summed E-state index contributed by atoms with van der Waals surface area (Å²) in [5.41, 5.74) is 0.421. The van der Waals surface area contributed by atoms with E-state index in [0.717, 1.165) is 6.42 Å². The molecule has 2 heterocycles. The highest BCUT2D eigenvalue weighted by Crippen LogP contribution is 2.31. The van der Waals surface area contributed by atoms with Gasteiger partial charge in [0, 0.05) is 11.9 Å². The predicted octanol–water partition coefficient (Wildman–Crippen LogP) is 3.02. The average molecular weight is 347 g/mol. The summed E-state index contributed by atoms with van der Waals surface area (Å²) in [4.78, 5) is 32.5. The van der Waals surface area contributed by atoms with Crippen molar-refractivity contribution in [2.75, 3.05) is 0 Å². The maximum atomic E-state index is 13.1. The van der Waals surface area contributed by atoms with E-state index < -0.39 is 0 Å². The molecule has 0 spiro atoms. The number of hydrogen-bond acceptors (Lipinski definition) is 4. The minimum absolute atomic E-state index is 0.0139. The fourth-order valence-corrected chi connectivity index (χ4v) is 3.25. The number of fused-ring (bicyclic) bond motifs is 2. The lowest BCUT2D eigenvalue weighted by Gasteiger charge is -2.14. The third-order valence-electron chi connectivity index (χ3n) is 4.44. The first kappa shape index (κ1) is 16.1.